The summed E-state index contributed by atoms with van der Waals surface area (Å²) in [5.41, 5.74) is 0. The van der Waals surface area contributed by atoms with Gasteiger partial charge >= 0.3 is 94.4 Å². The molecule has 0 fully saturated rings. The fourth-order valence-corrected chi connectivity index (χ4v) is 3.66. The number of fused-ring (bicyclic) bond motifs is 1. The second-order valence-corrected chi connectivity index (χ2v) is 6.13. The third-order valence-electron chi connectivity index (χ3n) is 2.36. The maximum absolute atomic E-state index is 5.88. The molecule has 1 aromatic heterocycles. The van der Waals surface area contributed by atoms with Gasteiger partial charge in [-0.25, -0.2) is 0 Å². The van der Waals surface area contributed by atoms with Gasteiger partial charge in [0, 0.05) is 0 Å². The molecule has 0 bridgehead atoms. The second kappa shape index (κ2) is 4.38. The van der Waals surface area contributed by atoms with Crippen LogP contribution < -0.4 is 4.74 Å². The molecular formula is C12H14OTe. The summed E-state index contributed by atoms with van der Waals surface area (Å²) in [6, 6.07) is 8.62. The van der Waals surface area contributed by atoms with E-state index in [9.17, 15) is 0 Å². The number of rotatable bonds is 3. The molecule has 0 N–H and O–H groups in total. The van der Waals surface area contributed by atoms with Crippen molar-refractivity contribution < 1.29 is 4.74 Å². The van der Waals surface area contributed by atoms with E-state index in [1.54, 1.807) is 0 Å². The average molecular weight is 302 g/mol. The van der Waals surface area contributed by atoms with Crippen LogP contribution in [0.25, 0.3) is 8.79 Å². The van der Waals surface area contributed by atoms with Crippen molar-refractivity contribution in [1.29, 1.82) is 0 Å². The van der Waals surface area contributed by atoms with E-state index in [-0.39, 0.29) is 20.4 Å². The monoisotopic (exact) mass is 304 g/mol. The van der Waals surface area contributed by atoms with E-state index in [2.05, 4.69) is 42.2 Å². The Morgan fingerprint density at radius 2 is 2.21 bits per heavy atom. The minimum absolute atomic E-state index is 0.0551. The van der Waals surface area contributed by atoms with Crippen LogP contribution in [-0.4, -0.2) is 26.5 Å². The quantitative estimate of drug-likeness (QED) is 0.792. The summed E-state index contributed by atoms with van der Waals surface area (Å²) >= 11 is -0.0551. The summed E-state index contributed by atoms with van der Waals surface area (Å²) in [5, 5.41) is 1.33. The Labute approximate surface area is 94.3 Å². The Bertz CT molecular complexity index is 419. The number of ether oxygens (including phenoxy) is 1. The van der Waals surface area contributed by atoms with Gasteiger partial charge in [0.15, 0.2) is 0 Å². The molecule has 74 valence electrons. The summed E-state index contributed by atoms with van der Waals surface area (Å²) in [6.45, 7) is 4.27. The van der Waals surface area contributed by atoms with Crippen molar-refractivity contribution >= 4 is 29.2 Å². The zero-order chi connectivity index (χ0) is 9.97. The maximum atomic E-state index is 5.88. The van der Waals surface area contributed by atoms with Crippen LogP contribution in [0.3, 0.4) is 0 Å². The first-order valence-corrected chi connectivity index (χ1v) is 7.45. The Balaban J connectivity index is 2.36. The van der Waals surface area contributed by atoms with Gasteiger partial charge in [-0.3, -0.25) is 0 Å². The summed E-state index contributed by atoms with van der Waals surface area (Å²) in [5.74, 6) is 1.07. The molecule has 0 saturated heterocycles. The van der Waals surface area contributed by atoms with Gasteiger partial charge in [-0.05, 0) is 0 Å². The summed E-state index contributed by atoms with van der Waals surface area (Å²) in [4.78, 5) is 0. The van der Waals surface area contributed by atoms with E-state index in [4.69, 9.17) is 4.74 Å². The molecule has 1 unspecified atom stereocenters. The molecule has 1 atom stereocenters. The van der Waals surface area contributed by atoms with E-state index in [0.29, 0.717) is 6.10 Å². The number of hydrogen-bond acceptors (Lipinski definition) is 1. The fraction of sp³-hybridized carbons (Fsp3) is 0.333. The van der Waals surface area contributed by atoms with Crippen molar-refractivity contribution in [2.24, 2.45) is 0 Å². The van der Waals surface area contributed by atoms with E-state index >= 15 is 0 Å². The SMILES string of the molecule is CCC(C)Oc1cccc2[te]ccc12. The Morgan fingerprint density at radius 3 is 3.00 bits per heavy atom. The molecule has 14 heavy (non-hydrogen) atoms. The predicted octanol–water partition coefficient (Wildman–Crippen LogP) is 3.07. The number of benzene rings is 1. The van der Waals surface area contributed by atoms with Crippen LogP contribution >= 0.6 is 0 Å². The zero-order valence-electron chi connectivity index (χ0n) is 8.49. The van der Waals surface area contributed by atoms with Gasteiger partial charge in [0.2, 0.25) is 0 Å². The van der Waals surface area contributed by atoms with Gasteiger partial charge in [-0.2, -0.15) is 0 Å². The summed E-state index contributed by atoms with van der Waals surface area (Å²) in [6.07, 6.45) is 1.38. The van der Waals surface area contributed by atoms with Crippen molar-refractivity contribution in [3.63, 3.8) is 0 Å². The molecular weight excluding hydrogens is 288 g/mol. The van der Waals surface area contributed by atoms with Gasteiger partial charge in [0.05, 0.1) is 0 Å². The molecule has 1 heterocycles. The third-order valence-corrected chi connectivity index (χ3v) is 4.88. The minimum atomic E-state index is -0.0551. The molecule has 2 aromatic rings. The molecule has 0 spiro atoms. The van der Waals surface area contributed by atoms with Gasteiger partial charge in [0.25, 0.3) is 0 Å². The van der Waals surface area contributed by atoms with Crippen molar-refractivity contribution in [3.05, 3.63) is 28.3 Å². The van der Waals surface area contributed by atoms with Gasteiger partial charge in [-0.15, -0.1) is 0 Å². The van der Waals surface area contributed by atoms with E-state index in [1.165, 1.54) is 8.79 Å². The number of hydrogen-bond donors (Lipinski definition) is 0. The molecule has 2 heteroatoms. The average Bonchev–Trinajstić information content (AvgIpc) is 2.66. The van der Waals surface area contributed by atoms with Gasteiger partial charge in [0.1, 0.15) is 0 Å². The molecule has 1 nitrogen and oxygen atoms in total. The van der Waals surface area contributed by atoms with Crippen molar-refractivity contribution in [1.82, 2.24) is 0 Å². The molecule has 0 aliphatic heterocycles. The first-order chi connectivity index (χ1) is 6.81. The fourth-order valence-electron chi connectivity index (χ4n) is 1.37. The summed E-state index contributed by atoms with van der Waals surface area (Å²) in [7, 11) is 0. The third kappa shape index (κ3) is 1.97. The van der Waals surface area contributed by atoms with Crippen molar-refractivity contribution in [3.8, 4) is 5.75 Å². The van der Waals surface area contributed by atoms with E-state index < -0.39 is 0 Å². The van der Waals surface area contributed by atoms with Gasteiger partial charge < -0.3 is 0 Å². The van der Waals surface area contributed by atoms with Crippen LogP contribution in [0, 0.1) is 0 Å². The van der Waals surface area contributed by atoms with Crippen LogP contribution in [0.15, 0.2) is 28.3 Å². The summed E-state index contributed by atoms with van der Waals surface area (Å²) < 4.78 is 9.70. The molecule has 0 saturated carbocycles. The Hall–Kier alpha value is -0.450. The first-order valence-electron chi connectivity index (χ1n) is 4.94. The molecule has 0 aliphatic rings. The zero-order valence-corrected chi connectivity index (χ0v) is 10.8. The van der Waals surface area contributed by atoms with Crippen molar-refractivity contribution in [2.75, 3.05) is 0 Å². The van der Waals surface area contributed by atoms with Crippen LogP contribution in [0.1, 0.15) is 20.3 Å². The molecule has 0 aliphatic carbocycles. The van der Waals surface area contributed by atoms with E-state index in [0.717, 1.165) is 12.2 Å². The molecule has 0 radical (unpaired) electrons. The van der Waals surface area contributed by atoms with Crippen molar-refractivity contribution in [2.45, 2.75) is 26.4 Å². The van der Waals surface area contributed by atoms with Crippen LogP contribution in [-0.2, 0) is 0 Å². The Kier molecular flexibility index (Phi) is 3.15. The first kappa shape index (κ1) is 10.1. The molecule has 0 amide bonds. The van der Waals surface area contributed by atoms with E-state index in [1.807, 2.05) is 0 Å². The Morgan fingerprint density at radius 1 is 1.36 bits per heavy atom. The predicted molar refractivity (Wildman–Crippen MR) is 61.3 cm³/mol. The van der Waals surface area contributed by atoms with Crippen LogP contribution in [0.5, 0.6) is 5.75 Å². The standard InChI is InChI=1S/C12H14OTe/c1-3-9(2)13-11-5-4-6-12-10(11)7-8-14-12/h4-9H,3H2,1-2H3. The second-order valence-electron chi connectivity index (χ2n) is 3.43. The van der Waals surface area contributed by atoms with Crippen LogP contribution in [0.2, 0.25) is 0 Å². The normalized spacial score (nSPS) is 13.0. The molecule has 2 rings (SSSR count). The molecule has 1 aromatic carbocycles. The van der Waals surface area contributed by atoms with Gasteiger partial charge in [-0.1, -0.05) is 0 Å². The van der Waals surface area contributed by atoms with Crippen LogP contribution in [0.4, 0.5) is 0 Å². The topological polar surface area (TPSA) is 9.23 Å².